The Morgan fingerprint density at radius 2 is 1.90 bits per heavy atom. The van der Waals surface area contributed by atoms with Gasteiger partial charge in [0.2, 0.25) is 0 Å². The van der Waals surface area contributed by atoms with E-state index in [0.29, 0.717) is 43.1 Å². The molecule has 1 amide bonds. The Morgan fingerprint density at radius 3 is 2.48 bits per heavy atom. The molecule has 0 unspecified atom stereocenters. The number of morpholine rings is 1. The van der Waals surface area contributed by atoms with Gasteiger partial charge in [0, 0.05) is 26.2 Å². The Labute approximate surface area is 180 Å². The van der Waals surface area contributed by atoms with Crippen molar-refractivity contribution in [2.75, 3.05) is 40.0 Å². The fourth-order valence-corrected chi connectivity index (χ4v) is 3.75. The second-order valence-corrected chi connectivity index (χ2v) is 8.64. The molecule has 0 aliphatic carbocycles. The highest BCUT2D eigenvalue weighted by atomic mass is 16.5. The van der Waals surface area contributed by atoms with Crippen molar-refractivity contribution in [3.8, 4) is 5.75 Å². The molecule has 2 heterocycles. The van der Waals surface area contributed by atoms with Crippen molar-refractivity contribution in [1.82, 2.24) is 19.4 Å². The first kappa shape index (κ1) is 22.8. The molecule has 0 saturated carbocycles. The van der Waals surface area contributed by atoms with E-state index < -0.39 is 29.1 Å². The van der Waals surface area contributed by atoms with Crippen LogP contribution in [0.2, 0.25) is 0 Å². The summed E-state index contributed by atoms with van der Waals surface area (Å²) in [5, 5.41) is 12.1. The number of aromatic nitrogens is 2. The molecule has 0 bridgehead atoms. The number of carboxylic acid groups (broad SMARTS) is 1. The number of ether oxygens (including phenoxy) is 2. The molecule has 0 radical (unpaired) electrons. The third-order valence-corrected chi connectivity index (χ3v) is 5.46. The molecule has 10 nitrogen and oxygen atoms in total. The van der Waals surface area contributed by atoms with Gasteiger partial charge < -0.3 is 19.9 Å². The molecule has 0 spiro atoms. The largest absolute Gasteiger partial charge is 0.494 e. The maximum atomic E-state index is 13.3. The molecule has 1 saturated heterocycles. The zero-order valence-electron chi connectivity index (χ0n) is 18.4. The number of amides is 1. The van der Waals surface area contributed by atoms with E-state index in [1.807, 2.05) is 0 Å². The van der Waals surface area contributed by atoms with Crippen molar-refractivity contribution >= 4 is 23.0 Å². The monoisotopic (exact) mass is 434 g/mol. The van der Waals surface area contributed by atoms with Gasteiger partial charge >= 0.3 is 17.7 Å². The first-order valence-electron chi connectivity index (χ1n) is 10.3. The lowest BCUT2D eigenvalue weighted by atomic mass is 9.87. The lowest BCUT2D eigenvalue weighted by Crippen LogP contribution is -2.51. The molecule has 2 N–H and O–H groups in total. The average molecular weight is 434 g/mol. The van der Waals surface area contributed by atoms with Gasteiger partial charge in [-0.2, -0.15) is 0 Å². The van der Waals surface area contributed by atoms with Gasteiger partial charge in [-0.1, -0.05) is 26.8 Å². The van der Waals surface area contributed by atoms with Gasteiger partial charge in [-0.05, 0) is 17.5 Å². The maximum Gasteiger partial charge on any atom is 0.337 e. The van der Waals surface area contributed by atoms with E-state index in [-0.39, 0.29) is 0 Å². The van der Waals surface area contributed by atoms with E-state index in [9.17, 15) is 19.5 Å². The molecule has 1 aliphatic heterocycles. The molecule has 31 heavy (non-hydrogen) atoms. The van der Waals surface area contributed by atoms with Crippen LogP contribution in [0.3, 0.4) is 0 Å². The molecule has 10 heteroatoms. The summed E-state index contributed by atoms with van der Waals surface area (Å²) in [7, 11) is 1.50. The third-order valence-electron chi connectivity index (χ3n) is 5.46. The third kappa shape index (κ3) is 4.75. The molecular weight excluding hydrogens is 404 g/mol. The highest BCUT2D eigenvalue weighted by molar-refractivity contribution is 5.93. The fraction of sp³-hybridized carbons (Fsp3) is 0.571. The highest BCUT2D eigenvalue weighted by Gasteiger charge is 2.34. The van der Waals surface area contributed by atoms with Crippen molar-refractivity contribution in [3.05, 3.63) is 28.7 Å². The molecule has 1 aromatic carbocycles. The van der Waals surface area contributed by atoms with E-state index in [0.717, 1.165) is 17.7 Å². The number of rotatable bonds is 6. The zero-order valence-corrected chi connectivity index (χ0v) is 18.4. The fourth-order valence-electron chi connectivity index (χ4n) is 3.75. The minimum absolute atomic E-state index is 0.359. The van der Waals surface area contributed by atoms with Crippen molar-refractivity contribution in [2.45, 2.75) is 33.4 Å². The maximum absolute atomic E-state index is 13.3. The van der Waals surface area contributed by atoms with Gasteiger partial charge in [-0.3, -0.25) is 9.47 Å². The van der Waals surface area contributed by atoms with Crippen LogP contribution in [0.25, 0.3) is 11.0 Å². The van der Waals surface area contributed by atoms with Crippen LogP contribution in [0, 0.1) is 5.41 Å². The SMILES string of the molecule is COc1cccc2c1n(CCN1CCOCC1)c(=O)n2C(=O)N[C@H](C(=O)O)C(C)(C)C. The summed E-state index contributed by atoms with van der Waals surface area (Å²) in [6, 6.07) is 3.12. The molecule has 3 rings (SSSR count). The first-order valence-corrected chi connectivity index (χ1v) is 10.3. The summed E-state index contributed by atoms with van der Waals surface area (Å²) in [6.07, 6.45) is 0. The summed E-state index contributed by atoms with van der Waals surface area (Å²) in [4.78, 5) is 40.2. The van der Waals surface area contributed by atoms with E-state index in [1.165, 1.54) is 11.7 Å². The second-order valence-electron chi connectivity index (χ2n) is 8.64. The first-order chi connectivity index (χ1) is 14.6. The van der Waals surface area contributed by atoms with Crippen molar-refractivity contribution in [3.63, 3.8) is 0 Å². The minimum atomic E-state index is -1.16. The number of aliphatic carboxylic acids is 1. The standard InChI is InChI=1S/C21H30N4O6/c1-21(2,3)17(18(26)27)22-19(28)25-14-6-5-7-15(30-4)16(14)24(20(25)29)9-8-23-10-12-31-13-11-23/h5-7,17H,8-13H2,1-4H3,(H,22,28)(H,26,27)/t17-/m1/s1. The van der Waals surface area contributed by atoms with E-state index >= 15 is 0 Å². The van der Waals surface area contributed by atoms with Crippen LogP contribution in [-0.2, 0) is 16.1 Å². The Kier molecular flexibility index (Phi) is 6.71. The number of benzene rings is 1. The number of fused-ring (bicyclic) bond motifs is 1. The van der Waals surface area contributed by atoms with Crippen LogP contribution in [0.1, 0.15) is 20.8 Å². The van der Waals surface area contributed by atoms with Gasteiger partial charge in [-0.15, -0.1) is 0 Å². The molecule has 2 aromatic rings. The minimum Gasteiger partial charge on any atom is -0.494 e. The predicted octanol–water partition coefficient (Wildman–Crippen LogP) is 1.20. The number of carbonyl (C=O) groups is 2. The molecular formula is C21H30N4O6. The van der Waals surface area contributed by atoms with Gasteiger partial charge in [0.05, 0.1) is 25.8 Å². The summed E-state index contributed by atoms with van der Waals surface area (Å²) in [5.41, 5.74) is -0.413. The Balaban J connectivity index is 2.01. The predicted molar refractivity (Wildman–Crippen MR) is 115 cm³/mol. The Hall–Kier alpha value is -2.85. The summed E-state index contributed by atoms with van der Waals surface area (Å²) in [6.45, 7) is 8.95. The number of methoxy groups -OCH3 is 1. The number of nitrogens with zero attached hydrogens (tertiary/aromatic N) is 3. The van der Waals surface area contributed by atoms with Gasteiger partial charge in [0.1, 0.15) is 17.3 Å². The molecule has 1 atom stereocenters. The zero-order chi connectivity index (χ0) is 22.8. The lowest BCUT2D eigenvalue weighted by Gasteiger charge is -2.27. The molecule has 1 aromatic heterocycles. The van der Waals surface area contributed by atoms with E-state index in [1.54, 1.807) is 39.0 Å². The van der Waals surface area contributed by atoms with Crippen LogP contribution in [0.4, 0.5) is 4.79 Å². The van der Waals surface area contributed by atoms with E-state index in [2.05, 4.69) is 10.2 Å². The van der Waals surface area contributed by atoms with Crippen LogP contribution in [0.5, 0.6) is 5.75 Å². The summed E-state index contributed by atoms with van der Waals surface area (Å²) >= 11 is 0. The van der Waals surface area contributed by atoms with Crippen LogP contribution in [0.15, 0.2) is 23.0 Å². The second kappa shape index (κ2) is 9.11. The topological polar surface area (TPSA) is 115 Å². The van der Waals surface area contributed by atoms with Crippen molar-refractivity contribution < 1.29 is 24.2 Å². The number of hydrogen-bond acceptors (Lipinski definition) is 6. The average Bonchev–Trinajstić information content (AvgIpc) is 3.01. The number of carboxylic acids is 1. The highest BCUT2D eigenvalue weighted by Crippen LogP contribution is 2.25. The van der Waals surface area contributed by atoms with Gasteiger partial charge in [-0.25, -0.2) is 19.0 Å². The smallest absolute Gasteiger partial charge is 0.337 e. The van der Waals surface area contributed by atoms with Crippen molar-refractivity contribution in [1.29, 1.82) is 0 Å². The number of nitrogens with one attached hydrogen (secondary N) is 1. The van der Waals surface area contributed by atoms with Crippen LogP contribution < -0.4 is 15.7 Å². The normalized spacial score (nSPS) is 16.3. The van der Waals surface area contributed by atoms with Gasteiger partial charge in [0.25, 0.3) is 0 Å². The number of carbonyl (C=O) groups excluding carboxylic acids is 1. The molecule has 170 valence electrons. The van der Waals surface area contributed by atoms with Crippen molar-refractivity contribution in [2.24, 2.45) is 5.41 Å². The molecule has 1 fully saturated rings. The quantitative estimate of drug-likeness (QED) is 0.702. The molecule has 1 aliphatic rings. The van der Waals surface area contributed by atoms with Crippen LogP contribution in [-0.4, -0.2) is 77.1 Å². The van der Waals surface area contributed by atoms with Crippen LogP contribution >= 0.6 is 0 Å². The Morgan fingerprint density at radius 1 is 1.23 bits per heavy atom. The summed E-state index contributed by atoms with van der Waals surface area (Å²) < 4.78 is 13.3. The summed E-state index contributed by atoms with van der Waals surface area (Å²) in [5.74, 6) is -0.698. The van der Waals surface area contributed by atoms with Gasteiger partial charge in [0.15, 0.2) is 0 Å². The lowest BCUT2D eigenvalue weighted by molar-refractivity contribution is -0.141. The van der Waals surface area contributed by atoms with E-state index in [4.69, 9.17) is 9.47 Å². The number of para-hydroxylation sites is 1. The number of hydrogen-bond donors (Lipinski definition) is 2. The Bertz CT molecular complexity index is 1010. The number of imidazole rings is 1.